The molecule has 0 aliphatic heterocycles. The number of benzene rings is 2. The van der Waals surface area contributed by atoms with Crippen LogP contribution in [0.15, 0.2) is 66.1 Å². The lowest BCUT2D eigenvalue weighted by atomic mass is 10.1. The molecule has 0 fully saturated rings. The van der Waals surface area contributed by atoms with E-state index < -0.39 is 6.04 Å². The van der Waals surface area contributed by atoms with E-state index >= 15 is 0 Å². The second-order valence-electron chi connectivity index (χ2n) is 5.39. The highest BCUT2D eigenvalue weighted by Crippen LogP contribution is 2.25. The van der Waals surface area contributed by atoms with Gasteiger partial charge in [0.1, 0.15) is 24.5 Å². The average molecular weight is 341 g/mol. The molecule has 24 heavy (non-hydrogen) atoms. The van der Waals surface area contributed by atoms with Crippen LogP contribution in [0.2, 0.25) is 0 Å². The van der Waals surface area contributed by atoms with Gasteiger partial charge in [-0.2, -0.15) is 5.10 Å². The van der Waals surface area contributed by atoms with Gasteiger partial charge < -0.3 is 0 Å². The van der Waals surface area contributed by atoms with Gasteiger partial charge in [0.2, 0.25) is 0 Å². The van der Waals surface area contributed by atoms with E-state index in [1.165, 1.54) is 42.5 Å². The quantitative estimate of drug-likeness (QED) is 0.503. The molecule has 0 N–H and O–H groups in total. The first-order valence-corrected chi connectivity index (χ1v) is 8.45. The molecule has 1 heterocycles. The smallest absolute Gasteiger partial charge is 0.188 e. The van der Waals surface area contributed by atoms with Crippen LogP contribution >= 0.6 is 11.8 Å². The summed E-state index contributed by atoms with van der Waals surface area (Å²) in [4.78, 5) is 17.8. The number of ketones is 1. The van der Waals surface area contributed by atoms with Gasteiger partial charge in [-0.1, -0.05) is 17.7 Å². The van der Waals surface area contributed by atoms with Gasteiger partial charge >= 0.3 is 0 Å². The molecule has 3 rings (SSSR count). The monoisotopic (exact) mass is 341 g/mol. The topological polar surface area (TPSA) is 47.8 Å². The van der Waals surface area contributed by atoms with Crippen LogP contribution in [0.1, 0.15) is 22.0 Å². The third-order valence-electron chi connectivity index (χ3n) is 3.62. The summed E-state index contributed by atoms with van der Waals surface area (Å²) in [5, 5.41) is 4.10. The minimum Gasteiger partial charge on any atom is -0.292 e. The highest BCUT2D eigenvalue weighted by molar-refractivity contribution is 7.99. The number of Topliss-reactive ketones (excluding diaryl/α,β-unsaturated/α-hetero) is 1. The molecule has 6 heteroatoms. The molecule has 0 spiro atoms. The van der Waals surface area contributed by atoms with E-state index in [-0.39, 0.29) is 11.6 Å². The van der Waals surface area contributed by atoms with E-state index in [0.29, 0.717) is 11.3 Å². The van der Waals surface area contributed by atoms with E-state index in [2.05, 4.69) is 10.1 Å². The Morgan fingerprint density at radius 3 is 2.50 bits per heavy atom. The summed E-state index contributed by atoms with van der Waals surface area (Å²) in [5.41, 5.74) is 1.65. The van der Waals surface area contributed by atoms with Crippen LogP contribution < -0.4 is 0 Å². The van der Waals surface area contributed by atoms with Crippen molar-refractivity contribution in [2.75, 3.05) is 5.75 Å². The van der Waals surface area contributed by atoms with Crippen molar-refractivity contribution in [3.63, 3.8) is 0 Å². The Labute approximate surface area is 143 Å². The van der Waals surface area contributed by atoms with Crippen LogP contribution in [0.25, 0.3) is 0 Å². The van der Waals surface area contributed by atoms with Crippen molar-refractivity contribution in [3.8, 4) is 0 Å². The van der Waals surface area contributed by atoms with Crippen molar-refractivity contribution in [1.29, 1.82) is 0 Å². The first kappa shape index (κ1) is 16.4. The van der Waals surface area contributed by atoms with E-state index in [1.807, 2.05) is 31.2 Å². The molecule has 2 aromatic carbocycles. The lowest BCUT2D eigenvalue weighted by Crippen LogP contribution is -2.22. The molecule has 0 saturated carbocycles. The summed E-state index contributed by atoms with van der Waals surface area (Å²) in [6.07, 6.45) is 2.93. The Balaban J connectivity index is 1.80. The number of thioether (sulfide) groups is 1. The molecule has 3 aromatic rings. The van der Waals surface area contributed by atoms with Gasteiger partial charge in [-0.15, -0.1) is 11.8 Å². The molecular formula is C18H16FN3OS. The van der Waals surface area contributed by atoms with E-state index in [4.69, 9.17) is 0 Å². The predicted octanol–water partition coefficient (Wildman–Crippen LogP) is 3.94. The Hall–Kier alpha value is -2.47. The number of rotatable bonds is 6. The molecular weight excluding hydrogens is 325 g/mol. The number of aryl methyl sites for hydroxylation is 1. The summed E-state index contributed by atoms with van der Waals surface area (Å²) in [6, 6.07) is 13.2. The fourth-order valence-corrected chi connectivity index (χ4v) is 3.25. The summed E-state index contributed by atoms with van der Waals surface area (Å²) >= 11 is 1.58. The SMILES string of the molecule is Cc1ccc(SC[C@H](C(=O)c2ccc(F)cc2)n2cncn2)cc1. The van der Waals surface area contributed by atoms with E-state index in [1.54, 1.807) is 16.4 Å². The molecule has 122 valence electrons. The van der Waals surface area contributed by atoms with E-state index in [9.17, 15) is 9.18 Å². The van der Waals surface area contributed by atoms with Gasteiger partial charge in [0.05, 0.1) is 0 Å². The molecule has 0 aliphatic carbocycles. The Kier molecular flexibility index (Phi) is 5.05. The molecule has 0 unspecified atom stereocenters. The molecule has 1 aromatic heterocycles. The van der Waals surface area contributed by atoms with Crippen LogP contribution in [0, 0.1) is 12.7 Å². The molecule has 4 nitrogen and oxygen atoms in total. The number of halogens is 1. The lowest BCUT2D eigenvalue weighted by Gasteiger charge is -2.16. The van der Waals surface area contributed by atoms with Gasteiger partial charge in [-0.25, -0.2) is 14.1 Å². The summed E-state index contributed by atoms with van der Waals surface area (Å²) in [7, 11) is 0. The predicted molar refractivity (Wildman–Crippen MR) is 91.7 cm³/mol. The molecule has 0 aliphatic rings. The largest absolute Gasteiger partial charge is 0.292 e. The normalized spacial score (nSPS) is 12.1. The Morgan fingerprint density at radius 1 is 1.17 bits per heavy atom. The standard InChI is InChI=1S/C18H16FN3OS/c1-13-2-8-16(9-3-13)24-10-17(22-12-20-11-21-22)18(23)14-4-6-15(19)7-5-14/h2-9,11-12,17H,10H2,1H3/t17-/m1/s1. The number of hydrogen-bond acceptors (Lipinski definition) is 4. The molecule has 1 atom stereocenters. The number of carbonyl (C=O) groups excluding carboxylic acids is 1. The maximum atomic E-state index is 13.1. The van der Waals surface area contributed by atoms with Crippen molar-refractivity contribution >= 4 is 17.5 Å². The van der Waals surface area contributed by atoms with Gasteiger partial charge in [0.15, 0.2) is 5.78 Å². The van der Waals surface area contributed by atoms with E-state index in [0.717, 1.165) is 4.90 Å². The van der Waals surface area contributed by atoms with Crippen molar-refractivity contribution in [2.45, 2.75) is 17.9 Å². The zero-order valence-corrected chi connectivity index (χ0v) is 13.9. The van der Waals surface area contributed by atoms with Crippen LogP contribution in [0.3, 0.4) is 0 Å². The molecule has 0 saturated heterocycles. The maximum Gasteiger partial charge on any atom is 0.188 e. The van der Waals surface area contributed by atoms with Crippen LogP contribution in [0.5, 0.6) is 0 Å². The summed E-state index contributed by atoms with van der Waals surface area (Å²) in [6.45, 7) is 2.03. The van der Waals surface area contributed by atoms with Gasteiger partial charge in [-0.05, 0) is 43.3 Å². The van der Waals surface area contributed by atoms with Gasteiger partial charge in [0.25, 0.3) is 0 Å². The Bertz CT molecular complexity index is 801. The molecule has 0 amide bonds. The first-order valence-electron chi connectivity index (χ1n) is 7.47. The second kappa shape index (κ2) is 7.40. The summed E-state index contributed by atoms with van der Waals surface area (Å²) < 4.78 is 14.6. The van der Waals surface area contributed by atoms with Crippen molar-refractivity contribution in [3.05, 3.63) is 78.1 Å². The van der Waals surface area contributed by atoms with Crippen molar-refractivity contribution < 1.29 is 9.18 Å². The van der Waals surface area contributed by atoms with Gasteiger partial charge in [0, 0.05) is 16.2 Å². The third-order valence-corrected chi connectivity index (χ3v) is 4.70. The minimum atomic E-state index is -0.496. The third kappa shape index (κ3) is 3.89. The lowest BCUT2D eigenvalue weighted by molar-refractivity contribution is 0.0930. The fourth-order valence-electron chi connectivity index (χ4n) is 2.27. The van der Waals surface area contributed by atoms with Crippen molar-refractivity contribution in [2.24, 2.45) is 0 Å². The Morgan fingerprint density at radius 2 is 1.88 bits per heavy atom. The highest BCUT2D eigenvalue weighted by Gasteiger charge is 2.23. The average Bonchev–Trinajstić information content (AvgIpc) is 3.11. The second-order valence-corrected chi connectivity index (χ2v) is 6.48. The van der Waals surface area contributed by atoms with Crippen molar-refractivity contribution in [1.82, 2.24) is 14.8 Å². The summed E-state index contributed by atoms with van der Waals surface area (Å²) in [5.74, 6) is 0.0424. The minimum absolute atomic E-state index is 0.111. The molecule has 0 radical (unpaired) electrons. The van der Waals surface area contributed by atoms with Crippen LogP contribution in [0.4, 0.5) is 4.39 Å². The number of aromatic nitrogens is 3. The number of hydrogen-bond donors (Lipinski definition) is 0. The first-order chi connectivity index (χ1) is 11.6. The molecule has 0 bridgehead atoms. The zero-order chi connectivity index (χ0) is 16.9. The number of nitrogens with zero attached hydrogens (tertiary/aromatic N) is 3. The highest BCUT2D eigenvalue weighted by atomic mass is 32.2. The van der Waals surface area contributed by atoms with Gasteiger partial charge in [-0.3, -0.25) is 4.79 Å². The van der Waals surface area contributed by atoms with Crippen LogP contribution in [-0.4, -0.2) is 26.3 Å². The number of carbonyl (C=O) groups is 1. The van der Waals surface area contributed by atoms with Crippen LogP contribution in [-0.2, 0) is 0 Å². The zero-order valence-electron chi connectivity index (χ0n) is 13.1. The maximum absolute atomic E-state index is 13.1. The fraction of sp³-hybridized carbons (Fsp3) is 0.167.